The highest BCUT2D eigenvalue weighted by Crippen LogP contribution is 2.38. The zero-order valence-corrected chi connectivity index (χ0v) is 7.85. The summed E-state index contributed by atoms with van der Waals surface area (Å²) in [6.45, 7) is 0. The van der Waals surface area contributed by atoms with Crippen molar-refractivity contribution in [3.63, 3.8) is 0 Å². The standard InChI is InChI=1S/C9H8O3S/c1-12-6-2-5-4-13-9(11)8(5)7(10)3-6/h2-3,10H,4H2,1H3. The molecule has 0 aromatic heterocycles. The molecule has 0 saturated carbocycles. The van der Waals surface area contributed by atoms with E-state index in [4.69, 9.17) is 4.74 Å². The van der Waals surface area contributed by atoms with E-state index < -0.39 is 0 Å². The molecular weight excluding hydrogens is 188 g/mol. The van der Waals surface area contributed by atoms with Crippen molar-refractivity contribution >= 4 is 16.9 Å². The molecule has 13 heavy (non-hydrogen) atoms. The lowest BCUT2D eigenvalue weighted by Crippen LogP contribution is -1.91. The lowest BCUT2D eigenvalue weighted by molar-refractivity contribution is 0.108. The van der Waals surface area contributed by atoms with Crippen LogP contribution in [-0.4, -0.2) is 17.3 Å². The van der Waals surface area contributed by atoms with E-state index in [1.165, 1.54) is 24.9 Å². The van der Waals surface area contributed by atoms with Gasteiger partial charge in [-0.1, -0.05) is 11.8 Å². The fourth-order valence-corrected chi connectivity index (χ4v) is 2.23. The number of rotatable bonds is 1. The van der Waals surface area contributed by atoms with Crippen LogP contribution in [-0.2, 0) is 5.75 Å². The van der Waals surface area contributed by atoms with Crippen molar-refractivity contribution in [3.8, 4) is 11.5 Å². The number of phenolic OH excluding ortho intramolecular Hbond substituents is 1. The summed E-state index contributed by atoms with van der Waals surface area (Å²) in [6.07, 6.45) is 0. The molecule has 0 atom stereocenters. The van der Waals surface area contributed by atoms with E-state index in [1.807, 2.05) is 0 Å². The average molecular weight is 196 g/mol. The Morgan fingerprint density at radius 1 is 1.54 bits per heavy atom. The number of phenols is 1. The highest BCUT2D eigenvalue weighted by atomic mass is 32.2. The second kappa shape index (κ2) is 2.96. The lowest BCUT2D eigenvalue weighted by Gasteiger charge is -2.04. The fraction of sp³-hybridized carbons (Fsp3) is 0.222. The zero-order valence-electron chi connectivity index (χ0n) is 7.03. The number of aromatic hydroxyl groups is 1. The molecule has 2 rings (SSSR count). The van der Waals surface area contributed by atoms with Crippen molar-refractivity contribution in [1.29, 1.82) is 0 Å². The second-order valence-corrected chi connectivity index (χ2v) is 3.70. The topological polar surface area (TPSA) is 46.5 Å². The normalized spacial score (nSPS) is 14.4. The Kier molecular flexibility index (Phi) is 1.92. The Balaban J connectivity index is 2.59. The third-order valence-corrected chi connectivity index (χ3v) is 2.89. The van der Waals surface area contributed by atoms with Crippen molar-refractivity contribution < 1.29 is 14.6 Å². The van der Waals surface area contributed by atoms with Gasteiger partial charge in [0.05, 0.1) is 12.7 Å². The van der Waals surface area contributed by atoms with Gasteiger partial charge in [0.2, 0.25) is 5.12 Å². The summed E-state index contributed by atoms with van der Waals surface area (Å²) >= 11 is 1.20. The third kappa shape index (κ3) is 1.27. The minimum absolute atomic E-state index is 0.0179. The van der Waals surface area contributed by atoms with Gasteiger partial charge in [0, 0.05) is 11.8 Å². The molecular formula is C9H8O3S. The van der Waals surface area contributed by atoms with Crippen LogP contribution in [0.5, 0.6) is 11.5 Å². The molecule has 0 spiro atoms. The SMILES string of the molecule is COc1cc(O)c2c(c1)CSC2=O. The Labute approximate surface area is 79.7 Å². The number of hydrogen-bond donors (Lipinski definition) is 1. The summed E-state index contributed by atoms with van der Waals surface area (Å²) in [5, 5.41) is 9.44. The van der Waals surface area contributed by atoms with Crippen molar-refractivity contribution in [2.24, 2.45) is 0 Å². The van der Waals surface area contributed by atoms with Crippen molar-refractivity contribution in [3.05, 3.63) is 23.3 Å². The molecule has 0 fully saturated rings. The molecule has 1 N–H and O–H groups in total. The van der Waals surface area contributed by atoms with Gasteiger partial charge in [-0.25, -0.2) is 0 Å². The van der Waals surface area contributed by atoms with Crippen LogP contribution in [0, 0.1) is 0 Å². The van der Waals surface area contributed by atoms with Gasteiger partial charge in [-0.2, -0.15) is 0 Å². The molecule has 0 unspecified atom stereocenters. The van der Waals surface area contributed by atoms with E-state index in [2.05, 4.69) is 0 Å². The Morgan fingerprint density at radius 2 is 2.31 bits per heavy atom. The summed E-state index contributed by atoms with van der Waals surface area (Å²) in [6, 6.07) is 3.25. The van der Waals surface area contributed by atoms with Crippen molar-refractivity contribution in [1.82, 2.24) is 0 Å². The van der Waals surface area contributed by atoms with Crippen LogP contribution in [0.25, 0.3) is 0 Å². The van der Waals surface area contributed by atoms with Gasteiger partial charge in [-0.15, -0.1) is 0 Å². The van der Waals surface area contributed by atoms with Crippen LogP contribution in [0.3, 0.4) is 0 Å². The first-order chi connectivity index (χ1) is 6.22. The zero-order chi connectivity index (χ0) is 9.42. The molecule has 1 aromatic carbocycles. The summed E-state index contributed by atoms with van der Waals surface area (Å²) in [4.78, 5) is 11.2. The van der Waals surface area contributed by atoms with Crippen molar-refractivity contribution in [2.45, 2.75) is 5.75 Å². The van der Waals surface area contributed by atoms with Gasteiger partial charge in [-0.05, 0) is 11.6 Å². The predicted octanol–water partition coefficient (Wildman–Crippen LogP) is 1.79. The number of methoxy groups -OCH3 is 1. The third-order valence-electron chi connectivity index (χ3n) is 1.97. The number of carbonyl (C=O) groups excluding carboxylic acids is 1. The molecule has 3 nitrogen and oxygen atoms in total. The maximum Gasteiger partial charge on any atom is 0.223 e. The van der Waals surface area contributed by atoms with Crippen LogP contribution < -0.4 is 4.74 Å². The number of benzene rings is 1. The quantitative estimate of drug-likeness (QED) is 0.743. The molecule has 0 bridgehead atoms. The summed E-state index contributed by atoms with van der Waals surface area (Å²) < 4.78 is 4.97. The van der Waals surface area contributed by atoms with Crippen LogP contribution in [0.2, 0.25) is 0 Å². The van der Waals surface area contributed by atoms with Crippen LogP contribution in [0.15, 0.2) is 12.1 Å². The molecule has 1 aliphatic rings. The van der Waals surface area contributed by atoms with E-state index in [-0.39, 0.29) is 10.9 Å². The number of fused-ring (bicyclic) bond motifs is 1. The van der Waals surface area contributed by atoms with Gasteiger partial charge in [0.1, 0.15) is 11.5 Å². The molecule has 1 heterocycles. The molecule has 1 aromatic rings. The number of hydrogen-bond acceptors (Lipinski definition) is 4. The Bertz CT molecular complexity index is 373. The molecule has 1 aliphatic heterocycles. The summed E-state index contributed by atoms with van der Waals surface area (Å²) in [5.74, 6) is 1.23. The maximum absolute atomic E-state index is 11.2. The first kappa shape index (κ1) is 8.44. The number of thioether (sulfide) groups is 1. The van der Waals surface area contributed by atoms with E-state index in [1.54, 1.807) is 6.07 Å². The molecule has 0 radical (unpaired) electrons. The van der Waals surface area contributed by atoms with Gasteiger partial charge < -0.3 is 9.84 Å². The van der Waals surface area contributed by atoms with E-state index in [0.717, 1.165) is 5.56 Å². The largest absolute Gasteiger partial charge is 0.507 e. The lowest BCUT2D eigenvalue weighted by atomic mass is 10.1. The molecule has 0 aliphatic carbocycles. The fourth-order valence-electron chi connectivity index (χ4n) is 1.34. The Hall–Kier alpha value is -1.16. The minimum atomic E-state index is -0.0600. The molecule has 4 heteroatoms. The highest BCUT2D eigenvalue weighted by Gasteiger charge is 2.24. The van der Waals surface area contributed by atoms with Gasteiger partial charge >= 0.3 is 0 Å². The molecule has 68 valence electrons. The van der Waals surface area contributed by atoms with Crippen LogP contribution in [0.1, 0.15) is 15.9 Å². The summed E-state index contributed by atoms with van der Waals surface area (Å²) in [7, 11) is 1.53. The average Bonchev–Trinajstić information content (AvgIpc) is 2.48. The number of carbonyl (C=O) groups is 1. The van der Waals surface area contributed by atoms with Crippen LogP contribution in [0.4, 0.5) is 0 Å². The van der Waals surface area contributed by atoms with Gasteiger partial charge in [0.15, 0.2) is 0 Å². The minimum Gasteiger partial charge on any atom is -0.507 e. The highest BCUT2D eigenvalue weighted by molar-refractivity contribution is 8.13. The van der Waals surface area contributed by atoms with E-state index in [9.17, 15) is 9.90 Å². The second-order valence-electron chi connectivity index (χ2n) is 2.76. The smallest absolute Gasteiger partial charge is 0.223 e. The summed E-state index contributed by atoms with van der Waals surface area (Å²) in [5.41, 5.74) is 1.29. The van der Waals surface area contributed by atoms with E-state index >= 15 is 0 Å². The van der Waals surface area contributed by atoms with E-state index in [0.29, 0.717) is 17.1 Å². The van der Waals surface area contributed by atoms with Crippen LogP contribution >= 0.6 is 11.8 Å². The maximum atomic E-state index is 11.2. The molecule has 0 amide bonds. The van der Waals surface area contributed by atoms with Gasteiger partial charge in [0.25, 0.3) is 0 Å². The van der Waals surface area contributed by atoms with Gasteiger partial charge in [-0.3, -0.25) is 4.79 Å². The molecule has 0 saturated heterocycles. The number of ether oxygens (including phenoxy) is 1. The van der Waals surface area contributed by atoms with Crippen molar-refractivity contribution in [2.75, 3.05) is 7.11 Å². The monoisotopic (exact) mass is 196 g/mol. The first-order valence-electron chi connectivity index (χ1n) is 3.79. The first-order valence-corrected chi connectivity index (χ1v) is 4.78. The Morgan fingerprint density at radius 3 is 3.00 bits per heavy atom. The predicted molar refractivity (Wildman–Crippen MR) is 50.3 cm³/mol.